The van der Waals surface area contributed by atoms with E-state index in [2.05, 4.69) is 5.69 Å². The quantitative estimate of drug-likeness (QED) is 0.536. The summed E-state index contributed by atoms with van der Waals surface area (Å²) in [5.41, 5.74) is 3.37. The molecule has 1 aromatic rings. The molecule has 0 saturated carbocycles. The summed E-state index contributed by atoms with van der Waals surface area (Å²) in [6.07, 6.45) is 0. The van der Waals surface area contributed by atoms with Crippen LogP contribution in [-0.4, -0.2) is 9.52 Å². The van der Waals surface area contributed by atoms with Gasteiger partial charge in [0.25, 0.3) is 0 Å². The van der Waals surface area contributed by atoms with E-state index in [0.29, 0.717) is 0 Å². The second-order valence-electron chi connectivity index (χ2n) is 2.10. The maximum Gasteiger partial charge on any atom is 0.226 e. The summed E-state index contributed by atoms with van der Waals surface area (Å²) in [7, 11) is 0.289. The molecule has 0 N–H and O–H groups in total. The molecule has 0 aromatic heterocycles. The molecule has 0 aliphatic rings. The fourth-order valence-electron chi connectivity index (χ4n) is 0.701. The zero-order valence-corrected chi connectivity index (χ0v) is 6.76. The van der Waals surface area contributed by atoms with Crippen molar-refractivity contribution in [1.29, 1.82) is 5.26 Å². The van der Waals surface area contributed by atoms with Crippen molar-refractivity contribution >= 4 is 14.7 Å². The number of hydrogen-bond acceptors (Lipinski definition) is 1. The first-order valence-corrected chi connectivity index (χ1v) is 4.04. The summed E-state index contributed by atoms with van der Waals surface area (Å²) in [6, 6.07) is 8.05. The van der Waals surface area contributed by atoms with Gasteiger partial charge in [0.2, 0.25) is 9.52 Å². The van der Waals surface area contributed by atoms with Crippen molar-refractivity contribution in [3.05, 3.63) is 29.8 Å². The van der Waals surface area contributed by atoms with Crippen LogP contribution in [0.3, 0.4) is 0 Å². The second-order valence-corrected chi connectivity index (χ2v) is 3.15. The maximum atomic E-state index is 8.35. The van der Waals surface area contributed by atoms with Gasteiger partial charge < -0.3 is 0 Å². The predicted octanol–water partition coefficient (Wildman–Crippen LogP) is 0.806. The molecule has 0 fully saturated rings. The van der Waals surface area contributed by atoms with Crippen LogP contribution in [0.4, 0.5) is 0 Å². The summed E-state index contributed by atoms with van der Waals surface area (Å²) in [5.74, 6) is 0. The van der Waals surface area contributed by atoms with E-state index in [0.717, 1.165) is 5.19 Å². The smallest absolute Gasteiger partial charge is 0.207 e. The Labute approximate surface area is 63.1 Å². The number of nitrogens with zero attached hydrogens (tertiary/aromatic N) is 1. The van der Waals surface area contributed by atoms with E-state index in [1.165, 1.54) is 5.56 Å². The van der Waals surface area contributed by atoms with E-state index in [1.54, 1.807) is 0 Å². The second kappa shape index (κ2) is 3.19. The van der Waals surface area contributed by atoms with Crippen molar-refractivity contribution in [2.45, 2.75) is 6.92 Å². The van der Waals surface area contributed by atoms with Gasteiger partial charge in [-0.2, -0.15) is 0 Å². The van der Waals surface area contributed by atoms with Crippen LogP contribution in [0.5, 0.6) is 0 Å². The third-order valence-corrected chi connectivity index (χ3v) is 1.99. The SMILES string of the molecule is Cc1ccc([Si]C#N)cc1. The third kappa shape index (κ3) is 1.71. The Kier molecular flexibility index (Phi) is 2.24. The number of aryl methyl sites for hydroxylation is 1. The van der Waals surface area contributed by atoms with Gasteiger partial charge in [-0.1, -0.05) is 29.8 Å². The van der Waals surface area contributed by atoms with Crippen LogP contribution in [0, 0.1) is 17.9 Å². The Morgan fingerprint density at radius 2 is 1.90 bits per heavy atom. The molecule has 48 valence electrons. The molecule has 0 aliphatic carbocycles. The van der Waals surface area contributed by atoms with Crippen LogP contribution in [-0.2, 0) is 0 Å². The van der Waals surface area contributed by atoms with E-state index < -0.39 is 0 Å². The molecular weight excluding hydrogens is 138 g/mol. The highest BCUT2D eigenvalue weighted by atomic mass is 28.2. The number of rotatable bonds is 1. The first kappa shape index (κ1) is 7.04. The molecule has 0 unspecified atom stereocenters. The zero-order valence-electron chi connectivity index (χ0n) is 5.76. The van der Waals surface area contributed by atoms with E-state index in [-0.39, 0.29) is 9.52 Å². The fraction of sp³-hybridized carbons (Fsp3) is 0.125. The van der Waals surface area contributed by atoms with Crippen molar-refractivity contribution in [3.63, 3.8) is 0 Å². The van der Waals surface area contributed by atoms with Gasteiger partial charge in [-0.05, 0) is 12.1 Å². The van der Waals surface area contributed by atoms with Gasteiger partial charge in [0, 0.05) is 5.69 Å². The van der Waals surface area contributed by atoms with Crippen LogP contribution in [0.15, 0.2) is 24.3 Å². The minimum absolute atomic E-state index is 0.289. The lowest BCUT2D eigenvalue weighted by Crippen LogP contribution is -2.10. The van der Waals surface area contributed by atoms with Crippen molar-refractivity contribution in [2.75, 3.05) is 0 Å². The zero-order chi connectivity index (χ0) is 7.40. The Morgan fingerprint density at radius 3 is 2.40 bits per heavy atom. The average molecular weight is 145 g/mol. The van der Waals surface area contributed by atoms with Crippen LogP contribution < -0.4 is 5.19 Å². The molecule has 10 heavy (non-hydrogen) atoms. The summed E-state index contributed by atoms with van der Waals surface area (Å²) < 4.78 is 0. The Balaban J connectivity index is 2.81. The molecule has 2 heteroatoms. The lowest BCUT2D eigenvalue weighted by atomic mass is 10.2. The van der Waals surface area contributed by atoms with Gasteiger partial charge in [0.15, 0.2) is 0 Å². The largest absolute Gasteiger partial charge is 0.226 e. The van der Waals surface area contributed by atoms with Crippen molar-refractivity contribution in [2.24, 2.45) is 0 Å². The van der Waals surface area contributed by atoms with Crippen LogP contribution in [0.25, 0.3) is 0 Å². The monoisotopic (exact) mass is 145 g/mol. The maximum absolute atomic E-state index is 8.35. The molecule has 0 atom stereocenters. The Morgan fingerprint density at radius 1 is 1.30 bits per heavy atom. The van der Waals surface area contributed by atoms with Gasteiger partial charge in [0.1, 0.15) is 0 Å². The molecule has 0 spiro atoms. The fourth-order valence-corrected chi connectivity index (χ4v) is 1.16. The molecule has 1 aromatic carbocycles. The van der Waals surface area contributed by atoms with Gasteiger partial charge in [-0.15, -0.1) is 0 Å². The summed E-state index contributed by atoms with van der Waals surface area (Å²) >= 11 is 0. The highest BCUT2D eigenvalue weighted by Gasteiger charge is 1.90. The highest BCUT2D eigenvalue weighted by molar-refractivity contribution is 6.60. The Bertz CT molecular complexity index is 245. The molecule has 0 saturated heterocycles. The van der Waals surface area contributed by atoms with E-state index >= 15 is 0 Å². The summed E-state index contributed by atoms with van der Waals surface area (Å²) in [5, 5.41) is 9.47. The predicted molar refractivity (Wildman–Crippen MR) is 42.2 cm³/mol. The topological polar surface area (TPSA) is 23.8 Å². The van der Waals surface area contributed by atoms with Crippen molar-refractivity contribution in [3.8, 4) is 5.69 Å². The van der Waals surface area contributed by atoms with Crippen molar-refractivity contribution in [1.82, 2.24) is 0 Å². The van der Waals surface area contributed by atoms with Crippen LogP contribution in [0.1, 0.15) is 5.56 Å². The molecule has 2 radical (unpaired) electrons. The molecule has 0 heterocycles. The van der Waals surface area contributed by atoms with Crippen LogP contribution in [0.2, 0.25) is 0 Å². The van der Waals surface area contributed by atoms with E-state index in [4.69, 9.17) is 5.26 Å². The van der Waals surface area contributed by atoms with E-state index in [1.807, 2.05) is 31.2 Å². The molecular formula is C8H7NSi. The van der Waals surface area contributed by atoms with Gasteiger partial charge in [0.05, 0.1) is 0 Å². The molecule has 1 nitrogen and oxygen atoms in total. The van der Waals surface area contributed by atoms with E-state index in [9.17, 15) is 0 Å². The van der Waals surface area contributed by atoms with Crippen LogP contribution >= 0.6 is 0 Å². The van der Waals surface area contributed by atoms with Crippen molar-refractivity contribution < 1.29 is 0 Å². The van der Waals surface area contributed by atoms with Gasteiger partial charge in [-0.25, -0.2) is 5.26 Å². The summed E-state index contributed by atoms with van der Waals surface area (Å²) in [6.45, 7) is 2.04. The first-order valence-electron chi connectivity index (χ1n) is 3.04. The van der Waals surface area contributed by atoms with Gasteiger partial charge in [-0.3, -0.25) is 0 Å². The molecule has 0 amide bonds. The standard InChI is InChI=1S/C8H7NSi/c1-7-2-4-8(5-3-7)10-6-9/h2-5H,1H3. The van der Waals surface area contributed by atoms with Gasteiger partial charge >= 0.3 is 0 Å². The third-order valence-electron chi connectivity index (χ3n) is 1.25. The normalized spacial score (nSPS) is 8.80. The number of nitriles is 1. The molecule has 0 aliphatic heterocycles. The number of benzene rings is 1. The minimum Gasteiger partial charge on any atom is -0.207 e. The lowest BCUT2D eigenvalue weighted by molar-refractivity contribution is 1.49. The first-order chi connectivity index (χ1) is 4.83. The number of hydrogen-bond donors (Lipinski definition) is 0. The highest BCUT2D eigenvalue weighted by Crippen LogP contribution is 1.91. The lowest BCUT2D eigenvalue weighted by Gasteiger charge is -1.92. The average Bonchev–Trinajstić information content (AvgIpc) is 1.95. The Hall–Kier alpha value is -1.07. The molecule has 0 bridgehead atoms. The minimum atomic E-state index is 0.289. The summed E-state index contributed by atoms with van der Waals surface area (Å²) in [4.78, 5) is 0. The molecule has 1 rings (SSSR count).